The van der Waals surface area contributed by atoms with Crippen LogP contribution in [0.15, 0.2) is 66.5 Å². The van der Waals surface area contributed by atoms with Gasteiger partial charge < -0.3 is 9.88 Å². The third-order valence-corrected chi connectivity index (χ3v) is 4.74. The zero-order chi connectivity index (χ0) is 17.4. The van der Waals surface area contributed by atoms with Crippen LogP contribution in [0.3, 0.4) is 0 Å². The molecule has 1 aromatic heterocycles. The second-order valence-corrected chi connectivity index (χ2v) is 6.30. The molecule has 4 nitrogen and oxygen atoms in total. The minimum absolute atomic E-state index is 0.0865. The van der Waals surface area contributed by atoms with Crippen molar-refractivity contribution < 1.29 is 9.59 Å². The number of allylic oxidation sites excluding steroid dienone is 2. The SMILES string of the molecule is CN(CCc1c[nH]c2ccccc12)C1=CC(=O)c2ccccc2C1=O. The summed E-state index contributed by atoms with van der Waals surface area (Å²) >= 11 is 0. The number of nitrogens with zero attached hydrogens (tertiary/aromatic N) is 1. The van der Waals surface area contributed by atoms with Gasteiger partial charge in [-0.25, -0.2) is 0 Å². The number of benzene rings is 2. The third-order valence-electron chi connectivity index (χ3n) is 4.74. The summed E-state index contributed by atoms with van der Waals surface area (Å²) in [5, 5.41) is 1.20. The van der Waals surface area contributed by atoms with Crippen molar-refractivity contribution in [3.63, 3.8) is 0 Å². The highest BCUT2D eigenvalue weighted by molar-refractivity contribution is 6.24. The zero-order valence-corrected chi connectivity index (χ0v) is 14.0. The topological polar surface area (TPSA) is 53.2 Å². The second-order valence-electron chi connectivity index (χ2n) is 6.30. The number of aromatic nitrogens is 1. The number of hydrogen-bond acceptors (Lipinski definition) is 3. The van der Waals surface area contributed by atoms with Crippen LogP contribution in [0.5, 0.6) is 0 Å². The number of carbonyl (C=O) groups excluding carboxylic acids is 2. The van der Waals surface area contributed by atoms with E-state index in [-0.39, 0.29) is 11.6 Å². The van der Waals surface area contributed by atoms with Gasteiger partial charge in [-0.05, 0) is 18.1 Å². The van der Waals surface area contributed by atoms with Crippen molar-refractivity contribution in [1.29, 1.82) is 0 Å². The van der Waals surface area contributed by atoms with Crippen molar-refractivity contribution in [3.05, 3.63) is 83.2 Å². The van der Waals surface area contributed by atoms with Crippen LogP contribution >= 0.6 is 0 Å². The number of H-pyrrole nitrogens is 1. The lowest BCUT2D eigenvalue weighted by Crippen LogP contribution is -2.30. The Bertz CT molecular complexity index is 1010. The van der Waals surface area contributed by atoms with Gasteiger partial charge in [-0.2, -0.15) is 0 Å². The molecule has 124 valence electrons. The molecule has 3 aromatic rings. The molecule has 0 spiro atoms. The molecule has 1 aliphatic rings. The van der Waals surface area contributed by atoms with Crippen LogP contribution in [-0.4, -0.2) is 35.0 Å². The molecule has 0 atom stereocenters. The van der Waals surface area contributed by atoms with Crippen LogP contribution < -0.4 is 0 Å². The van der Waals surface area contributed by atoms with E-state index in [1.807, 2.05) is 36.3 Å². The van der Waals surface area contributed by atoms with Gasteiger partial charge in [0.1, 0.15) is 0 Å². The number of rotatable bonds is 4. The Morgan fingerprint density at radius 2 is 1.68 bits per heavy atom. The van der Waals surface area contributed by atoms with Crippen LogP contribution in [0.1, 0.15) is 26.3 Å². The van der Waals surface area contributed by atoms with E-state index >= 15 is 0 Å². The molecule has 0 radical (unpaired) electrons. The van der Waals surface area contributed by atoms with Gasteiger partial charge in [0.15, 0.2) is 5.78 Å². The Morgan fingerprint density at radius 3 is 2.52 bits per heavy atom. The highest BCUT2D eigenvalue weighted by Gasteiger charge is 2.27. The van der Waals surface area contributed by atoms with E-state index in [0.717, 1.165) is 11.9 Å². The molecule has 4 heteroatoms. The largest absolute Gasteiger partial charge is 0.371 e. The van der Waals surface area contributed by atoms with Gasteiger partial charge in [0, 0.05) is 47.9 Å². The minimum Gasteiger partial charge on any atom is -0.371 e. The van der Waals surface area contributed by atoms with Gasteiger partial charge in [-0.15, -0.1) is 0 Å². The van der Waals surface area contributed by atoms with Crippen LogP contribution in [0.2, 0.25) is 0 Å². The first-order valence-electron chi connectivity index (χ1n) is 8.31. The first kappa shape index (κ1) is 15.4. The molecule has 0 amide bonds. The number of hydrogen-bond donors (Lipinski definition) is 1. The van der Waals surface area contributed by atoms with Crippen LogP contribution in [-0.2, 0) is 6.42 Å². The normalized spacial score (nSPS) is 13.7. The summed E-state index contributed by atoms with van der Waals surface area (Å²) in [5.41, 5.74) is 3.75. The first-order valence-corrected chi connectivity index (χ1v) is 8.31. The van der Waals surface area contributed by atoms with Gasteiger partial charge >= 0.3 is 0 Å². The predicted octanol–water partition coefficient (Wildman–Crippen LogP) is 3.61. The average molecular weight is 330 g/mol. The molecular weight excluding hydrogens is 312 g/mol. The quantitative estimate of drug-likeness (QED) is 0.795. The molecule has 25 heavy (non-hydrogen) atoms. The molecule has 1 N–H and O–H groups in total. The minimum atomic E-state index is -0.107. The van der Waals surface area contributed by atoms with E-state index < -0.39 is 0 Å². The highest BCUT2D eigenvalue weighted by Crippen LogP contribution is 2.24. The van der Waals surface area contributed by atoms with Crippen LogP contribution in [0.4, 0.5) is 0 Å². The summed E-state index contributed by atoms with van der Waals surface area (Å²) in [6.45, 7) is 0.662. The fourth-order valence-corrected chi connectivity index (χ4v) is 3.33. The van der Waals surface area contributed by atoms with Crippen LogP contribution in [0, 0.1) is 0 Å². The maximum atomic E-state index is 12.7. The highest BCUT2D eigenvalue weighted by atomic mass is 16.1. The molecule has 0 saturated carbocycles. The van der Waals surface area contributed by atoms with E-state index in [1.54, 1.807) is 24.3 Å². The molecule has 0 fully saturated rings. The number of nitrogens with one attached hydrogen (secondary N) is 1. The molecule has 0 saturated heterocycles. The number of fused-ring (bicyclic) bond motifs is 2. The van der Waals surface area contributed by atoms with E-state index in [4.69, 9.17) is 0 Å². The van der Waals surface area contributed by atoms with E-state index in [9.17, 15) is 9.59 Å². The standard InChI is InChI=1S/C21H18N2O2/c1-23(11-10-14-13-22-18-9-5-4-6-15(14)18)19-12-20(24)16-7-2-3-8-17(16)21(19)25/h2-9,12-13,22H,10-11H2,1H3. The van der Waals surface area contributed by atoms with Gasteiger partial charge in [-0.1, -0.05) is 42.5 Å². The lowest BCUT2D eigenvalue weighted by Gasteiger charge is -2.24. The van der Waals surface area contributed by atoms with E-state index in [1.165, 1.54) is 17.0 Å². The third kappa shape index (κ3) is 2.66. The Hall–Kier alpha value is -3.14. The number of ketones is 2. The number of para-hydroxylation sites is 1. The molecule has 1 heterocycles. The number of Topliss-reactive ketones (excluding diaryl/α,β-unsaturated/α-hetero) is 1. The lowest BCUT2D eigenvalue weighted by atomic mass is 9.92. The fourth-order valence-electron chi connectivity index (χ4n) is 3.33. The van der Waals surface area contributed by atoms with E-state index in [0.29, 0.717) is 23.4 Å². The summed E-state index contributed by atoms with van der Waals surface area (Å²) in [6, 6.07) is 15.2. The molecule has 0 bridgehead atoms. The Morgan fingerprint density at radius 1 is 0.960 bits per heavy atom. The van der Waals surface area contributed by atoms with Gasteiger partial charge in [0.25, 0.3) is 0 Å². The molecule has 4 rings (SSSR count). The van der Waals surface area contributed by atoms with Crippen LogP contribution in [0.25, 0.3) is 10.9 Å². The Labute approximate surface area is 145 Å². The Balaban J connectivity index is 1.55. The zero-order valence-electron chi connectivity index (χ0n) is 14.0. The summed E-state index contributed by atoms with van der Waals surface area (Å²) in [6.07, 6.45) is 4.26. The van der Waals surface area contributed by atoms with E-state index in [2.05, 4.69) is 11.1 Å². The maximum Gasteiger partial charge on any atom is 0.209 e. The number of carbonyl (C=O) groups is 2. The number of aromatic amines is 1. The summed E-state index contributed by atoms with van der Waals surface area (Å²) < 4.78 is 0. The predicted molar refractivity (Wildman–Crippen MR) is 97.8 cm³/mol. The van der Waals surface area contributed by atoms with Gasteiger partial charge in [0.2, 0.25) is 5.78 Å². The monoisotopic (exact) mass is 330 g/mol. The van der Waals surface area contributed by atoms with Gasteiger partial charge in [-0.3, -0.25) is 9.59 Å². The fraction of sp³-hybridized carbons (Fsp3) is 0.143. The average Bonchev–Trinajstić information content (AvgIpc) is 3.06. The molecule has 2 aromatic carbocycles. The smallest absolute Gasteiger partial charge is 0.209 e. The first-order chi connectivity index (χ1) is 12.1. The van der Waals surface area contributed by atoms with Crippen molar-refractivity contribution in [2.24, 2.45) is 0 Å². The number of likely N-dealkylation sites (N-methyl/N-ethyl adjacent to an activating group) is 1. The second kappa shape index (κ2) is 6.06. The summed E-state index contributed by atoms with van der Waals surface area (Å²) in [4.78, 5) is 30.1. The van der Waals surface area contributed by atoms with Crippen molar-refractivity contribution in [2.45, 2.75) is 6.42 Å². The van der Waals surface area contributed by atoms with Crippen molar-refractivity contribution in [2.75, 3.05) is 13.6 Å². The molecule has 0 aliphatic heterocycles. The lowest BCUT2D eigenvalue weighted by molar-refractivity contribution is 0.0957. The molecular formula is C21H18N2O2. The molecule has 0 unspecified atom stereocenters. The van der Waals surface area contributed by atoms with Crippen molar-refractivity contribution >= 4 is 22.5 Å². The van der Waals surface area contributed by atoms with Crippen molar-refractivity contribution in [3.8, 4) is 0 Å². The maximum absolute atomic E-state index is 12.7. The van der Waals surface area contributed by atoms with Gasteiger partial charge in [0.05, 0.1) is 5.70 Å². The van der Waals surface area contributed by atoms with Crippen molar-refractivity contribution in [1.82, 2.24) is 9.88 Å². The summed E-state index contributed by atoms with van der Waals surface area (Å²) in [5.74, 6) is -0.194. The molecule has 1 aliphatic carbocycles. The summed E-state index contributed by atoms with van der Waals surface area (Å²) in [7, 11) is 1.86. The Kier molecular flexibility index (Phi) is 3.73.